The number of aromatic nitrogens is 2. The van der Waals surface area contributed by atoms with Gasteiger partial charge in [-0.3, -0.25) is 14.9 Å². The summed E-state index contributed by atoms with van der Waals surface area (Å²) in [6.07, 6.45) is 14.6. The lowest BCUT2D eigenvalue weighted by atomic mass is 9.80. The number of esters is 1. The lowest BCUT2D eigenvalue weighted by Gasteiger charge is -2.32. The molecule has 0 amide bonds. The highest BCUT2D eigenvalue weighted by atomic mass is 16.5. The van der Waals surface area contributed by atoms with E-state index in [9.17, 15) is 4.79 Å². The summed E-state index contributed by atoms with van der Waals surface area (Å²) in [5.74, 6) is 0.307. The van der Waals surface area contributed by atoms with E-state index in [-0.39, 0.29) is 12.1 Å². The Morgan fingerprint density at radius 3 is 2.83 bits per heavy atom. The molecule has 0 aromatic carbocycles. The number of rotatable bonds is 11. The predicted octanol–water partition coefficient (Wildman–Crippen LogP) is 5.34. The summed E-state index contributed by atoms with van der Waals surface area (Å²) in [5, 5.41) is 0. The molecule has 1 saturated carbocycles. The lowest BCUT2D eigenvalue weighted by molar-refractivity contribution is -0.149. The highest BCUT2D eigenvalue weighted by Crippen LogP contribution is 2.40. The van der Waals surface area contributed by atoms with Crippen LogP contribution < -0.4 is 0 Å². The molecule has 0 radical (unpaired) electrons. The molecular weight excluding hydrogens is 450 g/mol. The molecule has 0 spiro atoms. The van der Waals surface area contributed by atoms with E-state index in [0.717, 1.165) is 75.9 Å². The zero-order valence-electron chi connectivity index (χ0n) is 21.8. The van der Waals surface area contributed by atoms with E-state index < -0.39 is 6.04 Å². The summed E-state index contributed by atoms with van der Waals surface area (Å²) in [6, 6.07) is 8.14. The maximum atomic E-state index is 13.1. The molecule has 36 heavy (non-hydrogen) atoms. The largest absolute Gasteiger partial charge is 0.465 e. The average molecular weight is 492 g/mol. The van der Waals surface area contributed by atoms with E-state index in [2.05, 4.69) is 23.1 Å². The van der Waals surface area contributed by atoms with Gasteiger partial charge in [0.25, 0.3) is 0 Å². The molecule has 1 unspecified atom stereocenters. The van der Waals surface area contributed by atoms with Crippen LogP contribution in [0.2, 0.25) is 0 Å². The second-order valence-electron chi connectivity index (χ2n) is 10.6. The van der Waals surface area contributed by atoms with Gasteiger partial charge in [-0.05, 0) is 88.8 Å². The van der Waals surface area contributed by atoms with Crippen LogP contribution in [0.4, 0.5) is 0 Å². The van der Waals surface area contributed by atoms with Gasteiger partial charge in [0.2, 0.25) is 0 Å². The number of pyridine rings is 2. The summed E-state index contributed by atoms with van der Waals surface area (Å²) in [6.45, 7) is 4.62. The van der Waals surface area contributed by atoms with Crippen molar-refractivity contribution >= 4 is 5.97 Å². The zero-order chi connectivity index (χ0) is 24.7. The maximum Gasteiger partial charge on any atom is 0.328 e. The zero-order valence-corrected chi connectivity index (χ0v) is 21.8. The van der Waals surface area contributed by atoms with Crippen molar-refractivity contribution < 1.29 is 14.3 Å². The first-order valence-corrected chi connectivity index (χ1v) is 14.2. The molecule has 2 atom stereocenters. The van der Waals surface area contributed by atoms with E-state index in [0.29, 0.717) is 12.5 Å². The van der Waals surface area contributed by atoms with Gasteiger partial charge in [0.05, 0.1) is 12.7 Å². The van der Waals surface area contributed by atoms with Gasteiger partial charge in [0, 0.05) is 54.5 Å². The molecule has 1 saturated heterocycles. The van der Waals surface area contributed by atoms with Crippen LogP contribution in [-0.2, 0) is 33.5 Å². The van der Waals surface area contributed by atoms with E-state index in [4.69, 9.17) is 19.4 Å². The quantitative estimate of drug-likeness (QED) is 0.312. The number of hydrogen-bond donors (Lipinski definition) is 0. The van der Waals surface area contributed by atoms with E-state index >= 15 is 0 Å². The van der Waals surface area contributed by atoms with Crippen LogP contribution in [0, 0.1) is 0 Å². The SMILES string of the molecule is CCOC(=O)C(c1cccnc1C1CCC1)N1CC[C@@H](OCCCCc2ccc3c(n2)CCCC3)C1. The maximum absolute atomic E-state index is 13.1. The third-order valence-corrected chi connectivity index (χ3v) is 8.13. The molecule has 2 fully saturated rings. The number of likely N-dealkylation sites (tertiary alicyclic amines) is 1. The Labute approximate surface area is 215 Å². The van der Waals surface area contributed by atoms with Gasteiger partial charge in [-0.15, -0.1) is 0 Å². The minimum Gasteiger partial charge on any atom is -0.465 e. The molecule has 194 valence electrons. The van der Waals surface area contributed by atoms with Crippen LogP contribution >= 0.6 is 0 Å². The summed E-state index contributed by atoms with van der Waals surface area (Å²) in [4.78, 5) is 25.0. The Morgan fingerprint density at radius 2 is 2.00 bits per heavy atom. The van der Waals surface area contributed by atoms with Crippen molar-refractivity contribution in [3.8, 4) is 0 Å². The summed E-state index contributed by atoms with van der Waals surface area (Å²) in [7, 11) is 0. The number of carbonyl (C=O) groups is 1. The monoisotopic (exact) mass is 491 g/mol. The van der Waals surface area contributed by atoms with Crippen molar-refractivity contribution in [3.05, 3.63) is 58.7 Å². The fourth-order valence-electron chi connectivity index (χ4n) is 5.93. The Morgan fingerprint density at radius 1 is 1.11 bits per heavy atom. The fraction of sp³-hybridized carbons (Fsp3) is 0.633. The minimum atomic E-state index is -0.391. The normalized spacial score (nSPS) is 21.1. The predicted molar refractivity (Wildman–Crippen MR) is 140 cm³/mol. The lowest BCUT2D eigenvalue weighted by Crippen LogP contribution is -2.36. The molecule has 6 heteroatoms. The average Bonchev–Trinajstić information content (AvgIpc) is 3.32. The molecule has 2 aromatic heterocycles. The molecule has 6 nitrogen and oxygen atoms in total. The third-order valence-electron chi connectivity index (χ3n) is 8.13. The Kier molecular flexibility index (Phi) is 8.65. The Balaban J connectivity index is 1.12. The van der Waals surface area contributed by atoms with Crippen LogP contribution in [0.15, 0.2) is 30.5 Å². The second kappa shape index (κ2) is 12.3. The molecule has 5 rings (SSSR count). The molecule has 2 aliphatic carbocycles. The van der Waals surface area contributed by atoms with Crippen LogP contribution in [0.5, 0.6) is 0 Å². The van der Waals surface area contributed by atoms with Crippen LogP contribution in [0.1, 0.15) is 98.5 Å². The molecule has 0 bridgehead atoms. The van der Waals surface area contributed by atoms with E-state index in [1.54, 1.807) is 0 Å². The smallest absolute Gasteiger partial charge is 0.328 e. The fourth-order valence-corrected chi connectivity index (χ4v) is 5.93. The van der Waals surface area contributed by atoms with Crippen molar-refractivity contribution in [3.63, 3.8) is 0 Å². The number of fused-ring (bicyclic) bond motifs is 1. The molecule has 3 aliphatic rings. The number of hydrogen-bond acceptors (Lipinski definition) is 6. The molecular formula is C30H41N3O3. The number of carbonyl (C=O) groups excluding carboxylic acids is 1. The highest BCUT2D eigenvalue weighted by Gasteiger charge is 2.38. The van der Waals surface area contributed by atoms with Gasteiger partial charge < -0.3 is 9.47 Å². The molecule has 1 aliphatic heterocycles. The van der Waals surface area contributed by atoms with Crippen molar-refractivity contribution in [2.24, 2.45) is 0 Å². The van der Waals surface area contributed by atoms with Gasteiger partial charge in [-0.2, -0.15) is 0 Å². The topological polar surface area (TPSA) is 64.5 Å². The van der Waals surface area contributed by atoms with Crippen molar-refractivity contribution in [2.75, 3.05) is 26.3 Å². The first-order chi connectivity index (χ1) is 17.7. The Bertz CT molecular complexity index is 1020. The molecule has 0 N–H and O–H groups in total. The Hall–Kier alpha value is -2.31. The highest BCUT2D eigenvalue weighted by molar-refractivity contribution is 5.78. The van der Waals surface area contributed by atoms with Gasteiger partial charge in [-0.25, -0.2) is 4.79 Å². The third kappa shape index (κ3) is 5.97. The van der Waals surface area contributed by atoms with Gasteiger partial charge in [0.1, 0.15) is 6.04 Å². The van der Waals surface area contributed by atoms with Crippen molar-refractivity contribution in [2.45, 2.75) is 95.6 Å². The van der Waals surface area contributed by atoms with Crippen molar-refractivity contribution in [1.82, 2.24) is 14.9 Å². The molecule has 2 aromatic rings. The van der Waals surface area contributed by atoms with Crippen molar-refractivity contribution in [1.29, 1.82) is 0 Å². The van der Waals surface area contributed by atoms with Gasteiger partial charge in [-0.1, -0.05) is 18.6 Å². The van der Waals surface area contributed by atoms with Crippen LogP contribution in [0.25, 0.3) is 0 Å². The summed E-state index contributed by atoms with van der Waals surface area (Å²) >= 11 is 0. The first-order valence-electron chi connectivity index (χ1n) is 14.2. The van der Waals surface area contributed by atoms with E-state index in [1.165, 1.54) is 42.6 Å². The summed E-state index contributed by atoms with van der Waals surface area (Å²) < 4.78 is 11.8. The second-order valence-corrected chi connectivity index (χ2v) is 10.6. The number of nitrogens with zero attached hydrogens (tertiary/aromatic N) is 3. The first kappa shape index (κ1) is 25.3. The number of unbranched alkanes of at least 4 members (excludes halogenated alkanes) is 1. The molecule has 3 heterocycles. The minimum absolute atomic E-state index is 0.160. The van der Waals surface area contributed by atoms with Crippen LogP contribution in [0.3, 0.4) is 0 Å². The van der Waals surface area contributed by atoms with Crippen LogP contribution in [-0.4, -0.2) is 53.2 Å². The van der Waals surface area contributed by atoms with E-state index in [1.807, 2.05) is 19.2 Å². The van der Waals surface area contributed by atoms with Gasteiger partial charge in [0.15, 0.2) is 0 Å². The standard InChI is InChI=1S/C30H41N3O3/c1-2-35-30(34)29(26-13-8-18-31-28(26)23-10-7-11-23)33-19-17-25(21-33)36-20-6-5-12-24-16-15-22-9-3-4-14-27(22)32-24/h8,13,15-16,18,23,25,29H,2-7,9-12,14,17,19-21H2,1H3/t25-,29?/m1/s1. The number of aryl methyl sites for hydroxylation is 3. The summed E-state index contributed by atoms with van der Waals surface area (Å²) in [5.41, 5.74) is 6.11. The number of ether oxygens (including phenoxy) is 2. The van der Waals surface area contributed by atoms with Gasteiger partial charge >= 0.3 is 5.97 Å².